The number of hydrogen-bond donors (Lipinski definition) is 2. The molecule has 1 amide bonds. The first kappa shape index (κ1) is 12.9. The second-order valence-electron chi connectivity index (χ2n) is 4.60. The highest BCUT2D eigenvalue weighted by atomic mass is 16.5. The number of nitrogens with one attached hydrogen (secondary N) is 1. The predicted molar refractivity (Wildman–Crippen MR) is 68.7 cm³/mol. The number of nitrogens with two attached hydrogens (primary N) is 1. The van der Waals surface area contributed by atoms with Crippen molar-refractivity contribution in [2.24, 2.45) is 5.73 Å². The zero-order chi connectivity index (χ0) is 13.2. The zero-order valence-electron chi connectivity index (χ0n) is 10.7. The van der Waals surface area contributed by atoms with E-state index in [1.807, 2.05) is 19.1 Å². The van der Waals surface area contributed by atoms with Crippen LogP contribution in [0.3, 0.4) is 0 Å². The van der Waals surface area contributed by atoms with Crippen LogP contribution in [-0.4, -0.2) is 31.8 Å². The maximum Gasteiger partial charge on any atom is 0.246 e. The molecule has 1 aromatic carbocycles. The van der Waals surface area contributed by atoms with Crippen LogP contribution >= 0.6 is 0 Å². The molecule has 1 aliphatic rings. The van der Waals surface area contributed by atoms with Crippen molar-refractivity contribution in [2.45, 2.75) is 18.9 Å². The maximum atomic E-state index is 12.1. The van der Waals surface area contributed by atoms with E-state index in [1.54, 1.807) is 13.2 Å². The molecule has 1 aliphatic heterocycles. The van der Waals surface area contributed by atoms with E-state index in [2.05, 4.69) is 5.32 Å². The van der Waals surface area contributed by atoms with Gasteiger partial charge in [0, 0.05) is 12.3 Å². The molecule has 0 aromatic heterocycles. The number of amides is 1. The van der Waals surface area contributed by atoms with Crippen molar-refractivity contribution in [2.75, 3.05) is 25.6 Å². The highest BCUT2D eigenvalue weighted by Gasteiger charge is 2.38. The zero-order valence-corrected chi connectivity index (χ0v) is 10.7. The van der Waals surface area contributed by atoms with Crippen molar-refractivity contribution < 1.29 is 14.3 Å². The SMILES string of the molecule is COc1ccc(NC(=O)C2(N)CCOC2)cc1C. The molecule has 1 heterocycles. The molecule has 1 saturated heterocycles. The Kier molecular flexibility index (Phi) is 3.54. The largest absolute Gasteiger partial charge is 0.496 e. The van der Waals surface area contributed by atoms with Crippen molar-refractivity contribution in [1.29, 1.82) is 0 Å². The summed E-state index contributed by atoms with van der Waals surface area (Å²) in [5.41, 5.74) is 6.75. The first-order valence-electron chi connectivity index (χ1n) is 5.88. The Hall–Kier alpha value is -1.59. The van der Waals surface area contributed by atoms with E-state index in [0.717, 1.165) is 17.0 Å². The normalized spacial score (nSPS) is 22.8. The van der Waals surface area contributed by atoms with E-state index in [9.17, 15) is 4.79 Å². The van der Waals surface area contributed by atoms with Crippen molar-refractivity contribution in [1.82, 2.24) is 0 Å². The minimum Gasteiger partial charge on any atom is -0.496 e. The number of aryl methyl sites for hydroxylation is 1. The van der Waals surface area contributed by atoms with Crippen LogP contribution in [0.15, 0.2) is 18.2 Å². The van der Waals surface area contributed by atoms with Crippen LogP contribution in [0.25, 0.3) is 0 Å². The summed E-state index contributed by atoms with van der Waals surface area (Å²) in [6.45, 7) is 2.73. The Balaban J connectivity index is 2.09. The van der Waals surface area contributed by atoms with Gasteiger partial charge in [0.2, 0.25) is 5.91 Å². The average molecular weight is 250 g/mol. The van der Waals surface area contributed by atoms with Gasteiger partial charge in [-0.1, -0.05) is 0 Å². The Bertz CT molecular complexity index is 454. The highest BCUT2D eigenvalue weighted by Crippen LogP contribution is 2.23. The molecule has 5 heteroatoms. The van der Waals surface area contributed by atoms with Gasteiger partial charge in [-0.3, -0.25) is 4.79 Å². The smallest absolute Gasteiger partial charge is 0.246 e. The van der Waals surface area contributed by atoms with Crippen molar-refractivity contribution in [3.8, 4) is 5.75 Å². The van der Waals surface area contributed by atoms with Crippen LogP contribution in [0, 0.1) is 6.92 Å². The van der Waals surface area contributed by atoms with E-state index >= 15 is 0 Å². The number of rotatable bonds is 3. The molecule has 5 nitrogen and oxygen atoms in total. The van der Waals surface area contributed by atoms with Crippen LogP contribution in [0.5, 0.6) is 5.75 Å². The van der Waals surface area contributed by atoms with Gasteiger partial charge in [-0.15, -0.1) is 0 Å². The van der Waals surface area contributed by atoms with Gasteiger partial charge in [0.1, 0.15) is 11.3 Å². The maximum absolute atomic E-state index is 12.1. The third-order valence-electron chi connectivity index (χ3n) is 3.16. The van der Waals surface area contributed by atoms with Gasteiger partial charge in [-0.2, -0.15) is 0 Å². The minimum atomic E-state index is -0.909. The molecular weight excluding hydrogens is 232 g/mol. The monoisotopic (exact) mass is 250 g/mol. The number of anilines is 1. The number of hydrogen-bond acceptors (Lipinski definition) is 4. The predicted octanol–water partition coefficient (Wildman–Crippen LogP) is 1.06. The number of methoxy groups -OCH3 is 1. The summed E-state index contributed by atoms with van der Waals surface area (Å²) in [7, 11) is 1.62. The number of benzene rings is 1. The van der Waals surface area contributed by atoms with Crippen molar-refractivity contribution in [3.63, 3.8) is 0 Å². The Labute approximate surface area is 106 Å². The molecule has 1 unspecified atom stereocenters. The molecule has 0 spiro atoms. The standard InChI is InChI=1S/C13H18N2O3/c1-9-7-10(3-4-11(9)17-2)15-12(16)13(14)5-6-18-8-13/h3-4,7H,5-6,8,14H2,1-2H3,(H,15,16). The Morgan fingerprint density at radius 3 is 2.89 bits per heavy atom. The summed E-state index contributed by atoms with van der Waals surface area (Å²) in [5, 5.41) is 2.82. The van der Waals surface area contributed by atoms with Crippen LogP contribution in [0.4, 0.5) is 5.69 Å². The fourth-order valence-corrected chi connectivity index (χ4v) is 1.97. The van der Waals surface area contributed by atoms with Gasteiger partial charge in [0.25, 0.3) is 0 Å². The third kappa shape index (κ3) is 2.47. The first-order chi connectivity index (χ1) is 8.55. The summed E-state index contributed by atoms with van der Waals surface area (Å²) in [6.07, 6.45) is 0.550. The minimum absolute atomic E-state index is 0.204. The fourth-order valence-electron chi connectivity index (χ4n) is 1.97. The molecule has 0 aliphatic carbocycles. The van der Waals surface area contributed by atoms with Gasteiger partial charge in [-0.05, 0) is 37.1 Å². The number of carbonyl (C=O) groups is 1. The quantitative estimate of drug-likeness (QED) is 0.841. The second kappa shape index (κ2) is 4.96. The van der Waals surface area contributed by atoms with Gasteiger partial charge in [0.05, 0.1) is 13.7 Å². The van der Waals surface area contributed by atoms with Gasteiger partial charge >= 0.3 is 0 Å². The third-order valence-corrected chi connectivity index (χ3v) is 3.16. The molecule has 0 radical (unpaired) electrons. The molecule has 2 rings (SSSR count). The van der Waals surface area contributed by atoms with Crippen LogP contribution in [-0.2, 0) is 9.53 Å². The lowest BCUT2D eigenvalue weighted by atomic mass is 9.99. The average Bonchev–Trinajstić information content (AvgIpc) is 2.78. The molecule has 98 valence electrons. The number of carbonyl (C=O) groups excluding carboxylic acids is 1. The molecule has 0 bridgehead atoms. The van der Waals surface area contributed by atoms with Crippen molar-refractivity contribution >= 4 is 11.6 Å². The molecule has 3 N–H and O–H groups in total. The molecule has 18 heavy (non-hydrogen) atoms. The van der Waals surface area contributed by atoms with Crippen LogP contribution in [0.1, 0.15) is 12.0 Å². The Morgan fingerprint density at radius 2 is 2.33 bits per heavy atom. The van der Waals surface area contributed by atoms with Crippen LogP contribution in [0.2, 0.25) is 0 Å². The van der Waals surface area contributed by atoms with E-state index in [-0.39, 0.29) is 12.5 Å². The van der Waals surface area contributed by atoms with E-state index < -0.39 is 5.54 Å². The van der Waals surface area contributed by atoms with Gasteiger partial charge < -0.3 is 20.5 Å². The molecule has 1 atom stereocenters. The van der Waals surface area contributed by atoms with Crippen molar-refractivity contribution in [3.05, 3.63) is 23.8 Å². The topological polar surface area (TPSA) is 73.6 Å². The summed E-state index contributed by atoms with van der Waals surface area (Å²) in [4.78, 5) is 12.1. The lowest BCUT2D eigenvalue weighted by molar-refractivity contribution is -0.121. The number of ether oxygens (including phenoxy) is 2. The summed E-state index contributed by atoms with van der Waals surface area (Å²) in [5.74, 6) is 0.587. The lowest BCUT2D eigenvalue weighted by Crippen LogP contribution is -2.51. The van der Waals surface area contributed by atoms with Gasteiger partial charge in [0.15, 0.2) is 0 Å². The molecule has 1 fully saturated rings. The lowest BCUT2D eigenvalue weighted by Gasteiger charge is -2.20. The molecule has 1 aromatic rings. The summed E-state index contributed by atoms with van der Waals surface area (Å²) >= 11 is 0. The van der Waals surface area contributed by atoms with Gasteiger partial charge in [-0.25, -0.2) is 0 Å². The summed E-state index contributed by atoms with van der Waals surface area (Å²) in [6, 6.07) is 5.47. The molecule has 0 saturated carbocycles. The first-order valence-corrected chi connectivity index (χ1v) is 5.88. The molecular formula is C13H18N2O3. The van der Waals surface area contributed by atoms with E-state index in [0.29, 0.717) is 13.0 Å². The summed E-state index contributed by atoms with van der Waals surface area (Å²) < 4.78 is 10.3. The van der Waals surface area contributed by atoms with Crippen LogP contribution < -0.4 is 15.8 Å². The van der Waals surface area contributed by atoms with E-state index in [4.69, 9.17) is 15.2 Å². The van der Waals surface area contributed by atoms with E-state index in [1.165, 1.54) is 0 Å². The second-order valence-corrected chi connectivity index (χ2v) is 4.60. The fraction of sp³-hybridized carbons (Fsp3) is 0.462. The Morgan fingerprint density at radius 1 is 1.56 bits per heavy atom. The highest BCUT2D eigenvalue weighted by molar-refractivity contribution is 5.98.